The normalized spacial score (nSPS) is 15.3. The van der Waals surface area contributed by atoms with Crippen molar-refractivity contribution in [3.63, 3.8) is 0 Å². The molecule has 1 amide bonds. The van der Waals surface area contributed by atoms with Crippen molar-refractivity contribution < 1.29 is 13.2 Å². The average molecular weight is 387 g/mol. The molecule has 10 nitrogen and oxygen atoms in total. The van der Waals surface area contributed by atoms with Gasteiger partial charge in [-0.3, -0.25) is 4.79 Å². The van der Waals surface area contributed by atoms with Crippen LogP contribution in [0.1, 0.15) is 10.4 Å². The number of anilines is 1. The number of aromatic nitrogens is 4. The van der Waals surface area contributed by atoms with Gasteiger partial charge in [-0.2, -0.15) is 4.52 Å². The maximum absolute atomic E-state index is 12.6. The van der Waals surface area contributed by atoms with Crippen LogP contribution in [0.15, 0.2) is 47.6 Å². The SMILES string of the molecule is NS(=O)(=O)c1ccc(C(=O)N2CCN(c3ccc4nncn4n3)CC2)cc1. The number of nitrogens with two attached hydrogens (primary N) is 1. The van der Waals surface area contributed by atoms with Gasteiger partial charge in [-0.1, -0.05) is 0 Å². The van der Waals surface area contributed by atoms with Gasteiger partial charge in [-0.05, 0) is 36.4 Å². The molecule has 0 atom stereocenters. The van der Waals surface area contributed by atoms with Crippen molar-refractivity contribution in [3.8, 4) is 0 Å². The van der Waals surface area contributed by atoms with Crippen molar-refractivity contribution in [2.45, 2.75) is 4.90 Å². The summed E-state index contributed by atoms with van der Waals surface area (Å²) in [5, 5.41) is 17.3. The van der Waals surface area contributed by atoms with E-state index in [0.717, 1.165) is 5.82 Å². The number of fused-ring (bicyclic) bond motifs is 1. The van der Waals surface area contributed by atoms with Crippen LogP contribution in [0.5, 0.6) is 0 Å². The van der Waals surface area contributed by atoms with E-state index in [0.29, 0.717) is 37.4 Å². The van der Waals surface area contributed by atoms with Crippen molar-refractivity contribution in [3.05, 3.63) is 48.3 Å². The van der Waals surface area contributed by atoms with Crippen LogP contribution in [0, 0.1) is 0 Å². The van der Waals surface area contributed by atoms with Crippen molar-refractivity contribution in [2.24, 2.45) is 5.14 Å². The third-order valence-electron chi connectivity index (χ3n) is 4.47. The molecule has 0 aliphatic carbocycles. The second-order valence-electron chi connectivity index (χ2n) is 6.17. The van der Waals surface area contributed by atoms with E-state index in [1.165, 1.54) is 24.3 Å². The number of hydrogen-bond acceptors (Lipinski definition) is 7. The lowest BCUT2D eigenvalue weighted by atomic mass is 10.2. The monoisotopic (exact) mass is 387 g/mol. The van der Waals surface area contributed by atoms with E-state index >= 15 is 0 Å². The molecule has 0 radical (unpaired) electrons. The van der Waals surface area contributed by atoms with Gasteiger partial charge < -0.3 is 9.80 Å². The lowest BCUT2D eigenvalue weighted by Gasteiger charge is -2.35. The summed E-state index contributed by atoms with van der Waals surface area (Å²) < 4.78 is 24.2. The summed E-state index contributed by atoms with van der Waals surface area (Å²) in [5.74, 6) is 0.657. The topological polar surface area (TPSA) is 127 Å². The third kappa shape index (κ3) is 3.46. The predicted molar refractivity (Wildman–Crippen MR) is 96.7 cm³/mol. The highest BCUT2D eigenvalue weighted by molar-refractivity contribution is 7.89. The minimum absolute atomic E-state index is 0.0145. The second-order valence-corrected chi connectivity index (χ2v) is 7.74. The first kappa shape index (κ1) is 17.4. The Morgan fingerprint density at radius 3 is 2.37 bits per heavy atom. The van der Waals surface area contributed by atoms with Crippen LogP contribution in [-0.2, 0) is 10.0 Å². The van der Waals surface area contributed by atoms with Crippen LogP contribution in [-0.4, -0.2) is 65.2 Å². The van der Waals surface area contributed by atoms with E-state index in [9.17, 15) is 13.2 Å². The smallest absolute Gasteiger partial charge is 0.253 e. The lowest BCUT2D eigenvalue weighted by Crippen LogP contribution is -2.49. The van der Waals surface area contributed by atoms with Crippen molar-refractivity contribution in [2.75, 3.05) is 31.1 Å². The standard InChI is InChI=1S/C16H17N7O3S/c17-27(25,26)13-3-1-12(2-4-13)16(24)22-9-7-21(8-10-22)15-6-5-14-19-18-11-23(14)20-15/h1-6,11H,7-10H2,(H2,17,25,26). The summed E-state index contributed by atoms with van der Waals surface area (Å²) >= 11 is 0. The Hall–Kier alpha value is -3.05. The van der Waals surface area contributed by atoms with Crippen LogP contribution >= 0.6 is 0 Å². The first-order valence-corrected chi connectivity index (χ1v) is 9.80. The molecular formula is C16H17N7O3S. The van der Waals surface area contributed by atoms with E-state index < -0.39 is 10.0 Å². The molecule has 2 N–H and O–H groups in total. The largest absolute Gasteiger partial charge is 0.352 e. The van der Waals surface area contributed by atoms with Gasteiger partial charge in [0, 0.05) is 31.7 Å². The summed E-state index contributed by atoms with van der Waals surface area (Å²) in [6.07, 6.45) is 1.55. The first-order chi connectivity index (χ1) is 12.9. The minimum atomic E-state index is -3.77. The maximum Gasteiger partial charge on any atom is 0.253 e. The Kier molecular flexibility index (Phi) is 4.24. The van der Waals surface area contributed by atoms with Crippen molar-refractivity contribution in [1.82, 2.24) is 24.7 Å². The molecule has 0 bridgehead atoms. The number of piperazine rings is 1. The highest BCUT2D eigenvalue weighted by Crippen LogP contribution is 2.16. The fourth-order valence-electron chi connectivity index (χ4n) is 3.00. The van der Waals surface area contributed by atoms with Gasteiger partial charge in [0.2, 0.25) is 10.0 Å². The van der Waals surface area contributed by atoms with E-state index in [4.69, 9.17) is 5.14 Å². The summed E-state index contributed by atoms with van der Waals surface area (Å²) in [7, 11) is -3.77. The van der Waals surface area contributed by atoms with Gasteiger partial charge in [-0.15, -0.1) is 15.3 Å². The number of sulfonamides is 1. The quantitative estimate of drug-likeness (QED) is 0.655. The van der Waals surface area contributed by atoms with Gasteiger partial charge in [0.1, 0.15) is 12.1 Å². The van der Waals surface area contributed by atoms with Gasteiger partial charge in [0.15, 0.2) is 5.65 Å². The van der Waals surface area contributed by atoms with Gasteiger partial charge >= 0.3 is 0 Å². The minimum Gasteiger partial charge on any atom is -0.352 e. The zero-order valence-corrected chi connectivity index (χ0v) is 15.1. The molecule has 1 saturated heterocycles. The predicted octanol–water partition coefficient (Wildman–Crippen LogP) is -0.266. The average Bonchev–Trinajstić information content (AvgIpc) is 3.15. The Balaban J connectivity index is 1.43. The summed E-state index contributed by atoms with van der Waals surface area (Å²) in [4.78, 5) is 16.4. The van der Waals surface area contributed by atoms with E-state index in [1.807, 2.05) is 12.1 Å². The molecule has 1 aliphatic heterocycles. The van der Waals surface area contributed by atoms with Gasteiger partial charge in [-0.25, -0.2) is 13.6 Å². The molecular weight excluding hydrogens is 370 g/mol. The first-order valence-electron chi connectivity index (χ1n) is 8.26. The number of amides is 1. The van der Waals surface area contributed by atoms with Crippen molar-refractivity contribution in [1.29, 1.82) is 0 Å². The molecule has 11 heteroatoms. The number of hydrogen-bond donors (Lipinski definition) is 1. The summed E-state index contributed by atoms with van der Waals surface area (Å²) in [6, 6.07) is 9.38. The zero-order chi connectivity index (χ0) is 19.0. The number of benzene rings is 1. The molecule has 4 rings (SSSR count). The van der Waals surface area contributed by atoms with E-state index in [-0.39, 0.29) is 10.8 Å². The Bertz CT molecular complexity index is 1090. The van der Waals surface area contributed by atoms with Gasteiger partial charge in [0.05, 0.1) is 4.90 Å². The number of carbonyl (C=O) groups excluding carboxylic acids is 1. The zero-order valence-electron chi connectivity index (χ0n) is 14.3. The van der Waals surface area contributed by atoms with E-state index in [2.05, 4.69) is 20.2 Å². The second kappa shape index (κ2) is 6.59. The Morgan fingerprint density at radius 1 is 1.00 bits per heavy atom. The Labute approximate surface area is 155 Å². The molecule has 27 heavy (non-hydrogen) atoms. The molecule has 0 saturated carbocycles. The molecule has 2 aromatic heterocycles. The molecule has 3 heterocycles. The molecule has 0 spiro atoms. The number of rotatable bonds is 3. The molecule has 0 unspecified atom stereocenters. The van der Waals surface area contributed by atoms with Crippen molar-refractivity contribution >= 4 is 27.4 Å². The van der Waals surface area contributed by atoms with Crippen LogP contribution in [0.25, 0.3) is 5.65 Å². The number of primary sulfonamides is 1. The molecule has 1 aliphatic rings. The number of nitrogens with zero attached hydrogens (tertiary/aromatic N) is 6. The summed E-state index contributed by atoms with van der Waals surface area (Å²) in [6.45, 7) is 2.36. The van der Waals surface area contributed by atoms with E-state index in [1.54, 1.807) is 15.7 Å². The Morgan fingerprint density at radius 2 is 1.70 bits per heavy atom. The third-order valence-corrected chi connectivity index (χ3v) is 5.40. The fraction of sp³-hybridized carbons (Fsp3) is 0.250. The lowest BCUT2D eigenvalue weighted by molar-refractivity contribution is 0.0746. The highest BCUT2D eigenvalue weighted by Gasteiger charge is 2.23. The fourth-order valence-corrected chi connectivity index (χ4v) is 3.51. The van der Waals surface area contributed by atoms with Gasteiger partial charge in [0.25, 0.3) is 5.91 Å². The number of carbonyl (C=O) groups is 1. The van der Waals surface area contributed by atoms with Crippen LogP contribution < -0.4 is 10.0 Å². The molecule has 3 aromatic rings. The summed E-state index contributed by atoms with van der Waals surface area (Å²) in [5.41, 5.74) is 1.11. The molecule has 1 aromatic carbocycles. The van der Waals surface area contributed by atoms with Crippen LogP contribution in [0.3, 0.4) is 0 Å². The molecule has 140 valence electrons. The highest BCUT2D eigenvalue weighted by atomic mass is 32.2. The maximum atomic E-state index is 12.6. The molecule has 1 fully saturated rings. The van der Waals surface area contributed by atoms with Crippen LogP contribution in [0.4, 0.5) is 5.82 Å². The van der Waals surface area contributed by atoms with Crippen LogP contribution in [0.2, 0.25) is 0 Å².